The molecule has 0 aliphatic rings. The highest BCUT2D eigenvalue weighted by Crippen LogP contribution is 2.16. The van der Waals surface area contributed by atoms with Gasteiger partial charge in [-0.3, -0.25) is 0 Å². The zero-order valence-electron chi connectivity index (χ0n) is 10.3. The molecule has 1 aromatic heterocycles. The number of nitrogen functional groups attached to an aromatic ring is 1. The van der Waals surface area contributed by atoms with E-state index in [4.69, 9.17) is 5.73 Å². The Morgan fingerprint density at radius 2 is 1.89 bits per heavy atom. The molecule has 0 saturated heterocycles. The van der Waals surface area contributed by atoms with Gasteiger partial charge in [0.2, 0.25) is 0 Å². The summed E-state index contributed by atoms with van der Waals surface area (Å²) in [6, 6.07) is 6.60. The van der Waals surface area contributed by atoms with Crippen LogP contribution in [0.4, 0.5) is 5.82 Å². The second-order valence-electron chi connectivity index (χ2n) is 4.04. The highest BCUT2D eigenvalue weighted by Gasteiger charge is 2.11. The number of anilines is 1. The smallest absolute Gasteiger partial charge is 0.178 e. The van der Waals surface area contributed by atoms with Gasteiger partial charge in [-0.25, -0.2) is 13.1 Å². The molecule has 5 nitrogen and oxygen atoms in total. The van der Waals surface area contributed by atoms with Crippen LogP contribution in [0.15, 0.2) is 35.4 Å². The first-order chi connectivity index (χ1) is 8.44. The van der Waals surface area contributed by atoms with E-state index in [1.54, 1.807) is 42.1 Å². The third-order valence-corrected chi connectivity index (χ3v) is 4.53. The first-order valence-corrected chi connectivity index (χ1v) is 7.24. The van der Waals surface area contributed by atoms with Crippen LogP contribution in [0.2, 0.25) is 0 Å². The van der Waals surface area contributed by atoms with Crippen LogP contribution in [0.25, 0.3) is 5.69 Å². The minimum absolute atomic E-state index is 0.0974. The van der Waals surface area contributed by atoms with E-state index >= 15 is 0 Å². The summed E-state index contributed by atoms with van der Waals surface area (Å²) in [6.07, 6.45) is 1.80. The van der Waals surface area contributed by atoms with Crippen molar-refractivity contribution in [1.29, 1.82) is 0 Å². The second kappa shape index (κ2) is 4.45. The van der Waals surface area contributed by atoms with E-state index in [-0.39, 0.29) is 5.75 Å². The summed E-state index contributed by atoms with van der Waals surface area (Å²) in [5.74, 6) is 0.570. The maximum Gasteiger partial charge on any atom is 0.178 e. The largest absolute Gasteiger partial charge is 0.382 e. The maximum atomic E-state index is 11.7. The van der Waals surface area contributed by atoms with Gasteiger partial charge in [0, 0.05) is 11.8 Å². The minimum Gasteiger partial charge on any atom is -0.382 e. The Hall–Kier alpha value is -1.82. The molecule has 2 rings (SSSR count). The second-order valence-corrected chi connectivity index (χ2v) is 6.32. The molecular formula is C12H15N3O2S. The molecule has 0 unspecified atom stereocenters. The van der Waals surface area contributed by atoms with Crippen LogP contribution in [0.5, 0.6) is 0 Å². The third-order valence-electron chi connectivity index (χ3n) is 2.78. The zero-order chi connectivity index (χ0) is 13.3. The van der Waals surface area contributed by atoms with Crippen molar-refractivity contribution in [1.82, 2.24) is 9.78 Å². The van der Waals surface area contributed by atoms with Crippen molar-refractivity contribution in [3.05, 3.63) is 36.0 Å². The van der Waals surface area contributed by atoms with Gasteiger partial charge in [-0.15, -0.1) is 0 Å². The van der Waals surface area contributed by atoms with Crippen molar-refractivity contribution in [2.75, 3.05) is 11.5 Å². The molecule has 0 aliphatic carbocycles. The van der Waals surface area contributed by atoms with Crippen LogP contribution in [-0.2, 0) is 9.84 Å². The lowest BCUT2D eigenvalue weighted by atomic mass is 10.3. The van der Waals surface area contributed by atoms with Gasteiger partial charge in [0.1, 0.15) is 5.82 Å². The summed E-state index contributed by atoms with van der Waals surface area (Å²) in [6.45, 7) is 3.50. The van der Waals surface area contributed by atoms with E-state index in [2.05, 4.69) is 5.10 Å². The fourth-order valence-electron chi connectivity index (χ4n) is 1.58. The Balaban J connectivity index is 2.39. The summed E-state index contributed by atoms with van der Waals surface area (Å²) in [4.78, 5) is 0.325. The van der Waals surface area contributed by atoms with Crippen molar-refractivity contribution >= 4 is 15.7 Å². The standard InChI is InChI=1S/C12H15N3O2S/c1-3-18(16,17)11-6-4-10(5-7-11)15-8-9(2)12(13)14-15/h4-8H,3H2,1-2H3,(H2,13,14). The fourth-order valence-corrected chi connectivity index (χ4v) is 2.46. The van der Waals surface area contributed by atoms with E-state index in [9.17, 15) is 8.42 Å². The van der Waals surface area contributed by atoms with Crippen molar-refractivity contribution in [2.24, 2.45) is 0 Å². The van der Waals surface area contributed by atoms with Crippen LogP contribution in [0, 0.1) is 6.92 Å². The topological polar surface area (TPSA) is 78.0 Å². The van der Waals surface area contributed by atoms with Gasteiger partial charge in [0.25, 0.3) is 0 Å². The van der Waals surface area contributed by atoms with Gasteiger partial charge in [-0.05, 0) is 31.2 Å². The fraction of sp³-hybridized carbons (Fsp3) is 0.250. The Bertz CT molecular complexity index is 638. The highest BCUT2D eigenvalue weighted by molar-refractivity contribution is 7.91. The van der Waals surface area contributed by atoms with Crippen molar-refractivity contribution in [3.63, 3.8) is 0 Å². The lowest BCUT2D eigenvalue weighted by molar-refractivity contribution is 0.597. The molecule has 96 valence electrons. The Labute approximate surface area is 106 Å². The first-order valence-electron chi connectivity index (χ1n) is 5.59. The quantitative estimate of drug-likeness (QED) is 0.913. The van der Waals surface area contributed by atoms with Crippen LogP contribution >= 0.6 is 0 Å². The van der Waals surface area contributed by atoms with Crippen molar-refractivity contribution in [2.45, 2.75) is 18.7 Å². The van der Waals surface area contributed by atoms with E-state index in [1.165, 1.54) is 0 Å². The lowest BCUT2D eigenvalue weighted by Crippen LogP contribution is -2.04. The molecule has 0 amide bonds. The number of aromatic nitrogens is 2. The van der Waals surface area contributed by atoms with E-state index in [1.807, 2.05) is 6.92 Å². The molecule has 6 heteroatoms. The average molecular weight is 265 g/mol. The van der Waals surface area contributed by atoms with Gasteiger partial charge in [-0.1, -0.05) is 6.92 Å². The van der Waals surface area contributed by atoms with Crippen molar-refractivity contribution < 1.29 is 8.42 Å². The monoisotopic (exact) mass is 265 g/mol. The van der Waals surface area contributed by atoms with Crippen LogP contribution in [0.1, 0.15) is 12.5 Å². The molecule has 0 saturated carbocycles. The van der Waals surface area contributed by atoms with Gasteiger partial charge >= 0.3 is 0 Å². The number of aryl methyl sites for hydroxylation is 1. The number of nitrogens with two attached hydrogens (primary N) is 1. The minimum atomic E-state index is -3.15. The summed E-state index contributed by atoms with van der Waals surface area (Å²) in [5, 5.41) is 4.14. The van der Waals surface area contributed by atoms with Gasteiger partial charge in [-0.2, -0.15) is 5.10 Å². The third kappa shape index (κ3) is 2.24. The Morgan fingerprint density at radius 3 is 2.33 bits per heavy atom. The Kier molecular flexibility index (Phi) is 3.13. The lowest BCUT2D eigenvalue weighted by Gasteiger charge is -2.04. The van der Waals surface area contributed by atoms with Gasteiger partial charge < -0.3 is 5.73 Å². The van der Waals surface area contributed by atoms with Crippen LogP contribution in [0.3, 0.4) is 0 Å². The van der Waals surface area contributed by atoms with E-state index in [0.29, 0.717) is 10.7 Å². The predicted octanol–water partition coefficient (Wildman–Crippen LogP) is 1.56. The summed E-state index contributed by atoms with van der Waals surface area (Å²) < 4.78 is 25.0. The SMILES string of the molecule is CCS(=O)(=O)c1ccc(-n2cc(C)c(N)n2)cc1. The predicted molar refractivity (Wildman–Crippen MR) is 70.4 cm³/mol. The number of benzene rings is 1. The van der Waals surface area contributed by atoms with Crippen LogP contribution < -0.4 is 5.73 Å². The number of hydrogen-bond acceptors (Lipinski definition) is 4. The summed E-state index contributed by atoms with van der Waals surface area (Å²) in [5.41, 5.74) is 7.34. The molecule has 2 N–H and O–H groups in total. The molecule has 0 aliphatic heterocycles. The average Bonchev–Trinajstić information content (AvgIpc) is 2.70. The molecule has 0 fully saturated rings. The van der Waals surface area contributed by atoms with Crippen molar-refractivity contribution in [3.8, 4) is 5.69 Å². The molecule has 18 heavy (non-hydrogen) atoms. The molecular weight excluding hydrogens is 250 g/mol. The zero-order valence-corrected chi connectivity index (χ0v) is 11.1. The van der Waals surface area contributed by atoms with Gasteiger partial charge in [0.05, 0.1) is 16.3 Å². The molecule has 1 heterocycles. The highest BCUT2D eigenvalue weighted by atomic mass is 32.2. The molecule has 0 bridgehead atoms. The first kappa shape index (κ1) is 12.6. The van der Waals surface area contributed by atoms with E-state index in [0.717, 1.165) is 11.3 Å². The molecule has 0 radical (unpaired) electrons. The number of nitrogens with zero attached hydrogens (tertiary/aromatic N) is 2. The van der Waals surface area contributed by atoms with Crippen LogP contribution in [-0.4, -0.2) is 24.0 Å². The number of hydrogen-bond donors (Lipinski definition) is 1. The van der Waals surface area contributed by atoms with Gasteiger partial charge in [0.15, 0.2) is 9.84 Å². The molecule has 0 spiro atoms. The molecule has 2 aromatic rings. The summed E-state index contributed by atoms with van der Waals surface area (Å²) >= 11 is 0. The summed E-state index contributed by atoms with van der Waals surface area (Å²) in [7, 11) is -3.15. The number of rotatable bonds is 3. The van der Waals surface area contributed by atoms with E-state index < -0.39 is 9.84 Å². The normalized spacial score (nSPS) is 11.7. The molecule has 0 atom stereocenters. The maximum absolute atomic E-state index is 11.7. The molecule has 1 aromatic carbocycles. The Morgan fingerprint density at radius 1 is 1.28 bits per heavy atom. The number of sulfone groups is 1.